The number of nitrogens with zero attached hydrogens (tertiary/aromatic N) is 4. The molecule has 228 valence electrons. The lowest BCUT2D eigenvalue weighted by Crippen LogP contribution is -2.63. The van der Waals surface area contributed by atoms with Gasteiger partial charge in [0.2, 0.25) is 15.8 Å². The van der Waals surface area contributed by atoms with E-state index in [0.717, 1.165) is 25.6 Å². The predicted molar refractivity (Wildman–Crippen MR) is 170 cm³/mol. The molecule has 4 aromatic rings. The summed E-state index contributed by atoms with van der Waals surface area (Å²) in [6.07, 6.45) is 5.23. The molecule has 0 saturated carbocycles. The number of thioether (sulfide) groups is 1. The van der Waals surface area contributed by atoms with E-state index in [1.807, 2.05) is 25.7 Å². The van der Waals surface area contributed by atoms with Crippen molar-refractivity contribution in [3.05, 3.63) is 98.4 Å². The number of esters is 1. The molecule has 13 heteroatoms. The fourth-order valence-corrected chi connectivity index (χ4v) is 8.72. The molecule has 0 bridgehead atoms. The standard InChI is InChI=1S/C31H30BrN4O6S2/c1-17-24(23-14-34-16-33(29(43-3)30(34)44-23)13-21-6-4-5-20(11-21)12-32)27(35-26(17)25(18(2)37)28(35)38)31(39)42-15-19-7-9-22(10-8-19)36(40)41/h4-11,14,16-18,25-26,37H,12-13,15H2,1-3H3/q+1/t17-,18+,25+,26+/m0/s1. The first-order chi connectivity index (χ1) is 21.1. The van der Waals surface area contributed by atoms with E-state index in [1.54, 1.807) is 30.0 Å². The maximum absolute atomic E-state index is 13.7. The Hall–Kier alpha value is -3.52. The van der Waals surface area contributed by atoms with Gasteiger partial charge in [-0.2, -0.15) is 4.40 Å². The van der Waals surface area contributed by atoms with Gasteiger partial charge in [-0.25, -0.2) is 9.36 Å². The van der Waals surface area contributed by atoms with Gasteiger partial charge in [0, 0.05) is 29.0 Å². The number of ether oxygens (including phenoxy) is 1. The highest BCUT2D eigenvalue weighted by atomic mass is 79.9. The van der Waals surface area contributed by atoms with E-state index in [1.165, 1.54) is 40.3 Å². The maximum Gasteiger partial charge on any atom is 0.355 e. The summed E-state index contributed by atoms with van der Waals surface area (Å²) in [7, 11) is 0. The minimum absolute atomic E-state index is 0.0552. The number of alkyl halides is 1. The van der Waals surface area contributed by atoms with Crippen LogP contribution in [-0.2, 0) is 32.8 Å². The molecule has 2 aromatic heterocycles. The second-order valence-electron chi connectivity index (χ2n) is 11.0. The molecule has 1 amide bonds. The van der Waals surface area contributed by atoms with Crippen molar-refractivity contribution in [2.75, 3.05) is 6.26 Å². The van der Waals surface area contributed by atoms with Gasteiger partial charge in [-0.3, -0.25) is 14.9 Å². The summed E-state index contributed by atoms with van der Waals surface area (Å²) in [5.41, 5.74) is 3.85. The Morgan fingerprint density at radius 1 is 1.23 bits per heavy atom. The van der Waals surface area contributed by atoms with E-state index < -0.39 is 22.9 Å². The van der Waals surface area contributed by atoms with Crippen molar-refractivity contribution in [2.24, 2.45) is 11.8 Å². The SMILES string of the molecule is CSc1c2sc(C3=C(C(=O)OCc4ccc([N+](=O)[O-])cc4)N4C(=O)[C@H]([C@@H](C)O)[C@H]4[C@H]3C)cn2c[n+]1Cc1cccc(CBr)c1. The average molecular weight is 699 g/mol. The van der Waals surface area contributed by atoms with Crippen molar-refractivity contribution in [3.63, 3.8) is 0 Å². The normalized spacial score (nSPS) is 20.2. The monoisotopic (exact) mass is 697 g/mol. The van der Waals surface area contributed by atoms with Crippen LogP contribution in [0.3, 0.4) is 0 Å². The molecule has 44 heavy (non-hydrogen) atoms. The Morgan fingerprint density at radius 2 is 1.95 bits per heavy atom. The Bertz CT molecular complexity index is 1820. The lowest BCUT2D eigenvalue weighted by molar-refractivity contribution is -0.721. The van der Waals surface area contributed by atoms with Crippen LogP contribution in [0.4, 0.5) is 5.69 Å². The number of thiazole rings is 1. The number of carbonyl (C=O) groups excluding carboxylic acids is 2. The molecular weight excluding hydrogens is 668 g/mol. The fourth-order valence-electron chi connectivity index (χ4n) is 6.20. The van der Waals surface area contributed by atoms with Crippen LogP contribution in [-0.4, -0.2) is 49.6 Å². The smallest absolute Gasteiger partial charge is 0.355 e. The lowest BCUT2D eigenvalue weighted by Gasteiger charge is -2.46. The van der Waals surface area contributed by atoms with E-state index in [2.05, 4.69) is 49.2 Å². The highest BCUT2D eigenvalue weighted by Gasteiger charge is 2.60. The Labute approximate surface area is 270 Å². The van der Waals surface area contributed by atoms with E-state index in [4.69, 9.17) is 4.74 Å². The summed E-state index contributed by atoms with van der Waals surface area (Å²) >= 11 is 6.73. The van der Waals surface area contributed by atoms with Crippen LogP contribution in [0.15, 0.2) is 71.8 Å². The van der Waals surface area contributed by atoms with Crippen molar-refractivity contribution in [3.8, 4) is 0 Å². The van der Waals surface area contributed by atoms with Gasteiger partial charge >= 0.3 is 5.97 Å². The zero-order valence-electron chi connectivity index (χ0n) is 24.2. The molecule has 1 saturated heterocycles. The molecule has 2 aromatic carbocycles. The van der Waals surface area contributed by atoms with Gasteiger partial charge in [0.05, 0.1) is 27.9 Å². The van der Waals surface area contributed by atoms with Crippen LogP contribution in [0.5, 0.6) is 0 Å². The molecule has 2 aliphatic heterocycles. The number of β-lactam (4-membered cyclic amide) rings is 1. The number of nitro groups is 1. The number of benzene rings is 2. The van der Waals surface area contributed by atoms with Crippen molar-refractivity contribution in [1.29, 1.82) is 0 Å². The second kappa shape index (κ2) is 12.1. The summed E-state index contributed by atoms with van der Waals surface area (Å²) in [5, 5.41) is 23.3. The summed E-state index contributed by atoms with van der Waals surface area (Å²) in [4.78, 5) is 40.8. The number of hydrogen-bond acceptors (Lipinski definition) is 8. The van der Waals surface area contributed by atoms with Gasteiger partial charge in [0.15, 0.2) is 0 Å². The third-order valence-corrected chi connectivity index (χ3v) is 11.0. The first kappa shape index (κ1) is 30.5. The summed E-state index contributed by atoms with van der Waals surface area (Å²) in [5.74, 6) is -1.76. The number of aliphatic hydroxyl groups excluding tert-OH is 1. The largest absolute Gasteiger partial charge is 0.456 e. The van der Waals surface area contributed by atoms with E-state index in [0.29, 0.717) is 12.1 Å². The number of amides is 1. The van der Waals surface area contributed by atoms with Crippen molar-refractivity contribution < 1.29 is 28.9 Å². The molecule has 0 radical (unpaired) electrons. The van der Waals surface area contributed by atoms with Gasteiger partial charge < -0.3 is 14.7 Å². The molecule has 4 heterocycles. The van der Waals surface area contributed by atoms with Gasteiger partial charge in [-0.05, 0) is 42.0 Å². The van der Waals surface area contributed by atoms with Crippen LogP contribution < -0.4 is 4.57 Å². The Kier molecular flexibility index (Phi) is 8.40. The number of aromatic nitrogens is 2. The highest BCUT2D eigenvalue weighted by molar-refractivity contribution is 9.08. The molecule has 0 spiro atoms. The lowest BCUT2D eigenvalue weighted by atomic mass is 9.77. The van der Waals surface area contributed by atoms with Crippen LogP contribution in [0.25, 0.3) is 10.4 Å². The van der Waals surface area contributed by atoms with Gasteiger partial charge in [0.1, 0.15) is 25.0 Å². The quantitative estimate of drug-likeness (QED) is 0.0462. The number of hydrogen-bond donors (Lipinski definition) is 1. The van der Waals surface area contributed by atoms with Crippen LogP contribution in [0, 0.1) is 22.0 Å². The highest BCUT2D eigenvalue weighted by Crippen LogP contribution is 2.52. The number of non-ortho nitro benzene ring substituents is 1. The molecule has 2 aliphatic rings. The molecule has 1 N–H and O–H groups in total. The number of aliphatic hydroxyl groups is 1. The maximum atomic E-state index is 13.7. The number of imidazole rings is 1. The number of carbonyl (C=O) groups is 2. The number of rotatable bonds is 10. The van der Waals surface area contributed by atoms with Gasteiger partial charge in [0.25, 0.3) is 12.0 Å². The molecule has 10 nitrogen and oxygen atoms in total. The molecule has 4 atom stereocenters. The first-order valence-corrected chi connectivity index (χ1v) is 17.2. The third kappa shape index (κ3) is 5.25. The molecule has 0 unspecified atom stereocenters. The van der Waals surface area contributed by atoms with Crippen LogP contribution in [0.2, 0.25) is 0 Å². The minimum Gasteiger partial charge on any atom is -0.456 e. The van der Waals surface area contributed by atoms with Crippen molar-refractivity contribution in [1.82, 2.24) is 9.30 Å². The van der Waals surface area contributed by atoms with Crippen LogP contribution >= 0.6 is 39.0 Å². The van der Waals surface area contributed by atoms with Crippen molar-refractivity contribution in [2.45, 2.75) is 49.5 Å². The van der Waals surface area contributed by atoms with E-state index in [-0.39, 0.29) is 35.9 Å². The Morgan fingerprint density at radius 3 is 2.61 bits per heavy atom. The van der Waals surface area contributed by atoms with Gasteiger partial charge in [-0.15, -0.1) is 0 Å². The topological polar surface area (TPSA) is 118 Å². The zero-order valence-corrected chi connectivity index (χ0v) is 27.4. The molecule has 6 rings (SSSR count). The van der Waals surface area contributed by atoms with E-state index in [9.17, 15) is 24.8 Å². The van der Waals surface area contributed by atoms with Gasteiger partial charge in [-0.1, -0.05) is 70.2 Å². The first-order valence-electron chi connectivity index (χ1n) is 14.0. The third-order valence-electron chi connectivity index (χ3n) is 8.24. The molecule has 0 aliphatic carbocycles. The number of nitro benzene ring substituents is 1. The Balaban J connectivity index is 1.34. The average Bonchev–Trinajstić information content (AvgIpc) is 3.62. The van der Waals surface area contributed by atoms with E-state index >= 15 is 0 Å². The molecule has 1 fully saturated rings. The second-order valence-corrected chi connectivity index (χ2v) is 13.4. The number of fused-ring (bicyclic) bond motifs is 2. The number of halogens is 1. The minimum atomic E-state index is -0.855. The van der Waals surface area contributed by atoms with Crippen molar-refractivity contribution >= 4 is 67.0 Å². The zero-order chi connectivity index (χ0) is 31.3. The summed E-state index contributed by atoms with van der Waals surface area (Å²) in [6.45, 7) is 4.19. The molecular formula is C31H30BrN4O6S2+. The fraction of sp³-hybridized carbons (Fsp3) is 0.323. The van der Waals surface area contributed by atoms with Crippen LogP contribution in [0.1, 0.15) is 35.4 Å². The predicted octanol–water partition coefficient (Wildman–Crippen LogP) is 5.17. The summed E-state index contributed by atoms with van der Waals surface area (Å²) < 4.78 is 9.94. The summed E-state index contributed by atoms with van der Waals surface area (Å²) in [6, 6.07) is 13.9.